The lowest BCUT2D eigenvalue weighted by Crippen LogP contribution is -1.92. The standard InChI is InChI=1S/C11H12ClN3/c1-15-9-6-2-4-8(5-3-7-13)10(9)11(12)14-15/h2-6H,7,13H2,1H3/b5-3+. The van der Waals surface area contributed by atoms with E-state index in [1.165, 1.54) is 0 Å². The van der Waals surface area contributed by atoms with E-state index in [0.29, 0.717) is 11.7 Å². The average Bonchev–Trinajstić information content (AvgIpc) is 2.53. The number of nitrogens with zero attached hydrogens (tertiary/aromatic N) is 2. The molecule has 2 rings (SSSR count). The number of halogens is 1. The number of aryl methyl sites for hydroxylation is 1. The van der Waals surface area contributed by atoms with E-state index in [2.05, 4.69) is 5.10 Å². The van der Waals surface area contributed by atoms with Crippen LogP contribution in [-0.4, -0.2) is 16.3 Å². The maximum absolute atomic E-state index is 6.06. The minimum Gasteiger partial charge on any atom is -0.327 e. The average molecular weight is 222 g/mol. The van der Waals surface area contributed by atoms with Crippen molar-refractivity contribution in [3.05, 3.63) is 35.0 Å². The molecule has 0 atom stereocenters. The predicted octanol–water partition coefficient (Wildman–Crippen LogP) is 2.20. The van der Waals surface area contributed by atoms with Crippen LogP contribution in [0.25, 0.3) is 17.0 Å². The van der Waals surface area contributed by atoms with Gasteiger partial charge in [-0.2, -0.15) is 5.10 Å². The van der Waals surface area contributed by atoms with E-state index in [9.17, 15) is 0 Å². The summed E-state index contributed by atoms with van der Waals surface area (Å²) in [5, 5.41) is 5.69. The maximum atomic E-state index is 6.06. The van der Waals surface area contributed by atoms with E-state index >= 15 is 0 Å². The van der Waals surface area contributed by atoms with Gasteiger partial charge in [0.1, 0.15) is 0 Å². The second kappa shape index (κ2) is 4.04. The molecule has 1 heterocycles. The SMILES string of the molecule is Cn1nc(Cl)c2c(/C=C/CN)cccc21. The number of hydrogen-bond acceptors (Lipinski definition) is 2. The maximum Gasteiger partial charge on any atom is 0.159 e. The Hall–Kier alpha value is -1.32. The zero-order valence-electron chi connectivity index (χ0n) is 8.44. The van der Waals surface area contributed by atoms with Crippen molar-refractivity contribution in [3.8, 4) is 0 Å². The Balaban J connectivity index is 2.69. The summed E-state index contributed by atoms with van der Waals surface area (Å²) >= 11 is 6.06. The Bertz CT molecular complexity index is 514. The normalized spacial score (nSPS) is 11.7. The molecule has 78 valence electrons. The number of rotatable bonds is 2. The summed E-state index contributed by atoms with van der Waals surface area (Å²) in [7, 11) is 1.88. The monoisotopic (exact) mass is 221 g/mol. The third-order valence-corrected chi connectivity index (χ3v) is 2.57. The topological polar surface area (TPSA) is 43.8 Å². The number of fused-ring (bicyclic) bond motifs is 1. The molecule has 1 aromatic carbocycles. The molecule has 2 N–H and O–H groups in total. The van der Waals surface area contributed by atoms with Crippen molar-refractivity contribution in [3.63, 3.8) is 0 Å². The van der Waals surface area contributed by atoms with E-state index in [1.807, 2.05) is 37.4 Å². The second-order valence-corrected chi connectivity index (χ2v) is 3.65. The highest BCUT2D eigenvalue weighted by Crippen LogP contribution is 2.26. The van der Waals surface area contributed by atoms with Gasteiger partial charge in [-0.25, -0.2) is 0 Å². The smallest absolute Gasteiger partial charge is 0.159 e. The molecule has 0 fully saturated rings. The van der Waals surface area contributed by atoms with Gasteiger partial charge in [0, 0.05) is 19.0 Å². The minimum atomic E-state index is 0.522. The molecule has 0 aliphatic heterocycles. The molecule has 0 radical (unpaired) electrons. The van der Waals surface area contributed by atoms with Crippen LogP contribution in [0.2, 0.25) is 5.15 Å². The predicted molar refractivity (Wildman–Crippen MR) is 63.8 cm³/mol. The fourth-order valence-corrected chi connectivity index (χ4v) is 1.94. The summed E-state index contributed by atoms with van der Waals surface area (Å²) in [6, 6.07) is 5.98. The summed E-state index contributed by atoms with van der Waals surface area (Å²) < 4.78 is 1.78. The highest BCUT2D eigenvalue weighted by Gasteiger charge is 2.08. The fourth-order valence-electron chi connectivity index (χ4n) is 1.62. The van der Waals surface area contributed by atoms with Crippen LogP contribution in [0.15, 0.2) is 24.3 Å². The minimum absolute atomic E-state index is 0.522. The van der Waals surface area contributed by atoms with Crippen molar-refractivity contribution in [2.45, 2.75) is 0 Å². The van der Waals surface area contributed by atoms with Crippen LogP contribution < -0.4 is 5.73 Å². The van der Waals surface area contributed by atoms with Crippen LogP contribution in [0.1, 0.15) is 5.56 Å². The molecule has 0 saturated carbocycles. The highest BCUT2D eigenvalue weighted by molar-refractivity contribution is 6.34. The van der Waals surface area contributed by atoms with Gasteiger partial charge in [-0.15, -0.1) is 0 Å². The van der Waals surface area contributed by atoms with Crippen LogP contribution in [0, 0.1) is 0 Å². The molecular formula is C11H12ClN3. The van der Waals surface area contributed by atoms with Crippen LogP contribution in [0.4, 0.5) is 0 Å². The van der Waals surface area contributed by atoms with E-state index < -0.39 is 0 Å². The molecule has 3 nitrogen and oxygen atoms in total. The number of benzene rings is 1. The Labute approximate surface area is 93.1 Å². The molecule has 0 bridgehead atoms. The summed E-state index contributed by atoms with van der Waals surface area (Å²) in [4.78, 5) is 0. The fraction of sp³-hybridized carbons (Fsp3) is 0.182. The van der Waals surface area contributed by atoms with Crippen molar-refractivity contribution in [1.82, 2.24) is 9.78 Å². The molecule has 4 heteroatoms. The zero-order valence-corrected chi connectivity index (χ0v) is 9.20. The molecule has 15 heavy (non-hydrogen) atoms. The van der Waals surface area contributed by atoms with E-state index in [4.69, 9.17) is 17.3 Å². The van der Waals surface area contributed by atoms with E-state index in [0.717, 1.165) is 16.5 Å². The van der Waals surface area contributed by atoms with Crippen molar-refractivity contribution in [2.24, 2.45) is 12.8 Å². The molecule has 0 aliphatic carbocycles. The van der Waals surface area contributed by atoms with Crippen molar-refractivity contribution < 1.29 is 0 Å². The third kappa shape index (κ3) is 1.76. The van der Waals surface area contributed by atoms with Gasteiger partial charge in [0.2, 0.25) is 0 Å². The Morgan fingerprint density at radius 1 is 1.53 bits per heavy atom. The number of nitrogens with two attached hydrogens (primary N) is 1. The van der Waals surface area contributed by atoms with Crippen molar-refractivity contribution >= 4 is 28.6 Å². The lowest BCUT2D eigenvalue weighted by atomic mass is 10.1. The number of hydrogen-bond donors (Lipinski definition) is 1. The van der Waals surface area contributed by atoms with Gasteiger partial charge in [-0.05, 0) is 11.6 Å². The first-order valence-electron chi connectivity index (χ1n) is 4.72. The number of aromatic nitrogens is 2. The van der Waals surface area contributed by atoms with E-state index in [-0.39, 0.29) is 0 Å². The first-order chi connectivity index (χ1) is 7.24. The Kier molecular flexibility index (Phi) is 2.75. The Morgan fingerprint density at radius 3 is 3.07 bits per heavy atom. The summed E-state index contributed by atoms with van der Waals surface area (Å²) in [5.74, 6) is 0. The van der Waals surface area contributed by atoms with Gasteiger partial charge in [0.15, 0.2) is 5.15 Å². The molecule has 0 unspecified atom stereocenters. The molecule has 1 aromatic heterocycles. The van der Waals surface area contributed by atoms with Crippen LogP contribution in [0.5, 0.6) is 0 Å². The highest BCUT2D eigenvalue weighted by atomic mass is 35.5. The summed E-state index contributed by atoms with van der Waals surface area (Å²) in [5.41, 5.74) is 7.50. The van der Waals surface area contributed by atoms with Gasteiger partial charge >= 0.3 is 0 Å². The molecule has 0 aliphatic rings. The molecule has 0 saturated heterocycles. The molecule has 0 spiro atoms. The van der Waals surface area contributed by atoms with E-state index in [1.54, 1.807) is 4.68 Å². The quantitative estimate of drug-likeness (QED) is 0.845. The van der Waals surface area contributed by atoms with Gasteiger partial charge in [-0.3, -0.25) is 4.68 Å². The summed E-state index contributed by atoms with van der Waals surface area (Å²) in [6.45, 7) is 0.522. The zero-order chi connectivity index (χ0) is 10.8. The summed E-state index contributed by atoms with van der Waals surface area (Å²) in [6.07, 6.45) is 3.87. The second-order valence-electron chi connectivity index (χ2n) is 3.29. The largest absolute Gasteiger partial charge is 0.327 e. The van der Waals surface area contributed by atoms with Gasteiger partial charge in [0.05, 0.1) is 5.52 Å². The lowest BCUT2D eigenvalue weighted by Gasteiger charge is -1.97. The first-order valence-corrected chi connectivity index (χ1v) is 5.09. The first kappa shape index (κ1) is 10.2. The lowest BCUT2D eigenvalue weighted by molar-refractivity contribution is 0.797. The molecule has 2 aromatic rings. The van der Waals surface area contributed by atoms with Crippen molar-refractivity contribution in [2.75, 3.05) is 6.54 Å². The van der Waals surface area contributed by atoms with Crippen molar-refractivity contribution in [1.29, 1.82) is 0 Å². The van der Waals surface area contributed by atoms with Crippen LogP contribution in [-0.2, 0) is 7.05 Å². The Morgan fingerprint density at radius 2 is 2.33 bits per heavy atom. The van der Waals surface area contributed by atoms with Crippen LogP contribution >= 0.6 is 11.6 Å². The molecular weight excluding hydrogens is 210 g/mol. The van der Waals surface area contributed by atoms with Gasteiger partial charge in [0.25, 0.3) is 0 Å². The molecule has 0 amide bonds. The van der Waals surface area contributed by atoms with Gasteiger partial charge < -0.3 is 5.73 Å². The van der Waals surface area contributed by atoms with Gasteiger partial charge in [-0.1, -0.05) is 35.9 Å². The van der Waals surface area contributed by atoms with Crippen LogP contribution in [0.3, 0.4) is 0 Å². The third-order valence-electron chi connectivity index (χ3n) is 2.30.